The molecular formula is C30H38N8O2S. The Labute approximate surface area is 245 Å². The van der Waals surface area contributed by atoms with Crippen molar-refractivity contribution in [3.05, 3.63) is 53.7 Å². The highest BCUT2D eigenvalue weighted by atomic mass is 32.1. The molecule has 1 fully saturated rings. The number of Topliss-reactive ketones (excluding diaryl/α,β-unsaturated/α-hetero) is 1. The van der Waals surface area contributed by atoms with E-state index in [1.54, 1.807) is 36.1 Å². The maximum atomic E-state index is 13.5. The first-order valence-corrected chi connectivity index (χ1v) is 15.1. The monoisotopic (exact) mass is 574 g/mol. The molecule has 0 aliphatic carbocycles. The zero-order chi connectivity index (χ0) is 29.1. The normalized spacial score (nSPS) is 14.3. The van der Waals surface area contributed by atoms with Crippen molar-refractivity contribution in [1.29, 1.82) is 0 Å². The third-order valence-electron chi connectivity index (χ3n) is 7.72. The van der Waals surface area contributed by atoms with Gasteiger partial charge in [0.2, 0.25) is 0 Å². The van der Waals surface area contributed by atoms with Crippen LogP contribution in [0.15, 0.2) is 48.1 Å². The molecule has 1 saturated heterocycles. The molecule has 0 spiro atoms. The smallest absolute Gasteiger partial charge is 0.317 e. The van der Waals surface area contributed by atoms with Crippen molar-refractivity contribution in [2.75, 3.05) is 45.2 Å². The zero-order valence-corrected chi connectivity index (χ0v) is 25.2. The van der Waals surface area contributed by atoms with Gasteiger partial charge in [0, 0.05) is 51.4 Å². The third kappa shape index (κ3) is 6.25. The minimum absolute atomic E-state index is 0.0245. The predicted molar refractivity (Wildman–Crippen MR) is 164 cm³/mol. The van der Waals surface area contributed by atoms with Crippen molar-refractivity contribution in [2.24, 2.45) is 0 Å². The molecule has 0 unspecified atom stereocenters. The number of hydrogen-bond donors (Lipinski definition) is 1. The van der Waals surface area contributed by atoms with Gasteiger partial charge in [-0.25, -0.2) is 19.3 Å². The summed E-state index contributed by atoms with van der Waals surface area (Å²) >= 11 is 1.64. The van der Waals surface area contributed by atoms with Crippen LogP contribution in [0.4, 0.5) is 10.6 Å². The maximum absolute atomic E-state index is 13.5. The predicted octanol–water partition coefficient (Wildman–Crippen LogP) is 4.67. The number of ketones is 1. The lowest BCUT2D eigenvalue weighted by Crippen LogP contribution is -2.61. The molecule has 0 bridgehead atoms. The van der Waals surface area contributed by atoms with E-state index in [9.17, 15) is 9.59 Å². The van der Waals surface area contributed by atoms with Crippen LogP contribution in [-0.2, 0) is 0 Å². The van der Waals surface area contributed by atoms with Crippen LogP contribution in [-0.4, -0.2) is 93.6 Å². The quantitative estimate of drug-likeness (QED) is 0.260. The molecule has 1 atom stereocenters. The van der Waals surface area contributed by atoms with Crippen LogP contribution >= 0.6 is 11.3 Å². The van der Waals surface area contributed by atoms with E-state index in [0.29, 0.717) is 48.3 Å². The average Bonchev–Trinajstić information content (AvgIpc) is 3.64. The number of urea groups is 1. The summed E-state index contributed by atoms with van der Waals surface area (Å²) in [4.78, 5) is 42.6. The van der Waals surface area contributed by atoms with Crippen molar-refractivity contribution >= 4 is 34.6 Å². The molecule has 41 heavy (non-hydrogen) atoms. The largest absolute Gasteiger partial charge is 0.352 e. The van der Waals surface area contributed by atoms with E-state index in [2.05, 4.69) is 41.0 Å². The third-order valence-corrected chi connectivity index (χ3v) is 8.61. The highest BCUT2D eigenvalue weighted by molar-refractivity contribution is 7.13. The van der Waals surface area contributed by atoms with Crippen LogP contribution in [0.5, 0.6) is 0 Å². The number of pyridine rings is 1. The van der Waals surface area contributed by atoms with Crippen molar-refractivity contribution < 1.29 is 9.59 Å². The van der Waals surface area contributed by atoms with Gasteiger partial charge in [-0.3, -0.25) is 4.79 Å². The summed E-state index contributed by atoms with van der Waals surface area (Å²) in [5.74, 6) is 0.808. The summed E-state index contributed by atoms with van der Waals surface area (Å²) < 4.78 is 1.74. The molecule has 0 saturated carbocycles. The van der Waals surface area contributed by atoms with Gasteiger partial charge < -0.3 is 20.0 Å². The van der Waals surface area contributed by atoms with Gasteiger partial charge in [0.05, 0.1) is 34.1 Å². The molecule has 0 aromatic carbocycles. The number of anilines is 1. The van der Waals surface area contributed by atoms with Crippen LogP contribution < -0.4 is 10.2 Å². The average molecular weight is 575 g/mol. The Balaban J connectivity index is 1.46. The number of rotatable bonds is 11. The first kappa shape index (κ1) is 28.7. The molecule has 1 aliphatic heterocycles. The first-order chi connectivity index (χ1) is 19.8. The topological polar surface area (TPSA) is 99.0 Å². The number of fused-ring (bicyclic) bond motifs is 1. The highest BCUT2D eigenvalue weighted by Gasteiger charge is 2.30. The van der Waals surface area contributed by atoms with Crippen LogP contribution in [0.1, 0.15) is 44.0 Å². The molecular weight excluding hydrogens is 536 g/mol. The van der Waals surface area contributed by atoms with E-state index in [4.69, 9.17) is 9.97 Å². The first-order valence-electron chi connectivity index (χ1n) is 14.2. The minimum Gasteiger partial charge on any atom is -0.352 e. The molecule has 4 aromatic rings. The van der Waals surface area contributed by atoms with Gasteiger partial charge in [0.1, 0.15) is 5.82 Å². The number of carbonyl (C=O) groups is 2. The zero-order valence-electron chi connectivity index (χ0n) is 24.4. The summed E-state index contributed by atoms with van der Waals surface area (Å²) in [6, 6.07) is 9.99. The minimum atomic E-state index is -0.117. The Morgan fingerprint density at radius 2 is 1.90 bits per heavy atom. The Hall–Kier alpha value is -3.83. The fourth-order valence-corrected chi connectivity index (χ4v) is 5.86. The fourth-order valence-electron chi connectivity index (χ4n) is 5.16. The van der Waals surface area contributed by atoms with Crippen molar-refractivity contribution in [2.45, 2.75) is 45.7 Å². The number of amides is 2. The van der Waals surface area contributed by atoms with Crippen molar-refractivity contribution in [1.82, 2.24) is 34.7 Å². The Morgan fingerprint density at radius 1 is 1.12 bits per heavy atom. The SMILES string of the molecule is CCN(CC)[C@@H](C)CCC(=O)c1cc(-c2cnn3ccc(-c4cccs4)nc23)nc(N2CC(NC(=O)N(C)C)C2)c1. The van der Waals surface area contributed by atoms with E-state index in [1.165, 1.54) is 4.90 Å². The van der Waals surface area contributed by atoms with E-state index in [-0.39, 0.29) is 17.9 Å². The lowest BCUT2D eigenvalue weighted by molar-refractivity contribution is 0.0964. The lowest BCUT2D eigenvalue weighted by Gasteiger charge is -2.41. The number of nitrogens with zero attached hydrogens (tertiary/aromatic N) is 7. The highest BCUT2D eigenvalue weighted by Crippen LogP contribution is 2.30. The van der Waals surface area contributed by atoms with Crippen LogP contribution in [0.3, 0.4) is 0 Å². The van der Waals surface area contributed by atoms with Gasteiger partial charge in [-0.05, 0) is 56.1 Å². The Morgan fingerprint density at radius 3 is 2.59 bits per heavy atom. The molecule has 4 aromatic heterocycles. The molecule has 1 aliphatic rings. The van der Waals surface area contributed by atoms with Crippen LogP contribution in [0.2, 0.25) is 0 Å². The van der Waals surface area contributed by atoms with Crippen LogP contribution in [0.25, 0.3) is 27.5 Å². The molecule has 10 nitrogen and oxygen atoms in total. The van der Waals surface area contributed by atoms with Gasteiger partial charge in [-0.2, -0.15) is 5.10 Å². The van der Waals surface area contributed by atoms with Gasteiger partial charge in [-0.15, -0.1) is 11.3 Å². The summed E-state index contributed by atoms with van der Waals surface area (Å²) in [5.41, 5.74) is 3.62. The molecule has 0 radical (unpaired) electrons. The standard InChI is InChI=1S/C30H38N8O2S/c1-6-36(7-2)20(3)10-11-26(39)21-15-25(33-28(16-21)37-18-22(19-37)32-30(40)35(4)5)23-17-31-38-13-12-24(34-29(23)38)27-9-8-14-41-27/h8-9,12-17,20,22H,6-7,10-11,18-19H2,1-5H3,(H,32,40)/t20-/m0/s1. The Bertz CT molecular complexity index is 1510. The summed E-state index contributed by atoms with van der Waals surface area (Å²) in [7, 11) is 3.45. The lowest BCUT2D eigenvalue weighted by atomic mass is 10.0. The maximum Gasteiger partial charge on any atom is 0.317 e. The number of aromatic nitrogens is 4. The number of hydrogen-bond acceptors (Lipinski definition) is 8. The summed E-state index contributed by atoms with van der Waals surface area (Å²) in [5, 5.41) is 9.57. The number of carbonyl (C=O) groups excluding carboxylic acids is 2. The molecule has 2 amide bonds. The van der Waals surface area contributed by atoms with E-state index in [1.807, 2.05) is 41.9 Å². The van der Waals surface area contributed by atoms with Crippen molar-refractivity contribution in [3.63, 3.8) is 0 Å². The second-order valence-electron chi connectivity index (χ2n) is 10.7. The second-order valence-corrected chi connectivity index (χ2v) is 11.6. The molecule has 5 heterocycles. The van der Waals surface area contributed by atoms with E-state index >= 15 is 0 Å². The van der Waals surface area contributed by atoms with Gasteiger partial charge in [0.15, 0.2) is 11.4 Å². The van der Waals surface area contributed by atoms with E-state index in [0.717, 1.165) is 35.6 Å². The van der Waals surface area contributed by atoms with Gasteiger partial charge in [-0.1, -0.05) is 19.9 Å². The molecule has 11 heteroatoms. The molecule has 5 rings (SSSR count). The van der Waals surface area contributed by atoms with E-state index < -0.39 is 0 Å². The Kier molecular flexibility index (Phi) is 8.65. The fraction of sp³-hybridized carbons (Fsp3) is 0.433. The van der Waals surface area contributed by atoms with Crippen LogP contribution in [0, 0.1) is 0 Å². The van der Waals surface area contributed by atoms with Gasteiger partial charge >= 0.3 is 6.03 Å². The summed E-state index contributed by atoms with van der Waals surface area (Å²) in [6.45, 7) is 9.66. The molecule has 216 valence electrons. The number of nitrogens with one attached hydrogen (secondary N) is 1. The number of thiophene rings is 1. The van der Waals surface area contributed by atoms with Gasteiger partial charge in [0.25, 0.3) is 0 Å². The molecule has 1 N–H and O–H groups in total. The second kappa shape index (κ2) is 12.4. The van der Waals surface area contributed by atoms with Crippen molar-refractivity contribution in [3.8, 4) is 21.8 Å². The summed E-state index contributed by atoms with van der Waals surface area (Å²) in [6.07, 6.45) is 4.91.